The first-order valence-corrected chi connectivity index (χ1v) is 9.54. The van der Waals surface area contributed by atoms with Crippen molar-refractivity contribution in [2.24, 2.45) is 0 Å². The highest BCUT2D eigenvalue weighted by Crippen LogP contribution is 2.29. The number of rotatable bonds is 6. The molecule has 0 aliphatic carbocycles. The lowest BCUT2D eigenvalue weighted by molar-refractivity contribution is -0.119. The van der Waals surface area contributed by atoms with E-state index in [0.29, 0.717) is 30.4 Å². The van der Waals surface area contributed by atoms with Crippen molar-refractivity contribution in [3.8, 4) is 0 Å². The van der Waals surface area contributed by atoms with Crippen LogP contribution in [0.1, 0.15) is 43.5 Å². The van der Waals surface area contributed by atoms with Gasteiger partial charge in [-0.1, -0.05) is 32.0 Å². The molecule has 25 heavy (non-hydrogen) atoms. The van der Waals surface area contributed by atoms with E-state index in [9.17, 15) is 13.2 Å². The number of hydrogen-bond donors (Lipinski definition) is 1. The molecule has 134 valence electrons. The minimum atomic E-state index is -3.92. The van der Waals surface area contributed by atoms with Crippen LogP contribution in [-0.2, 0) is 27.8 Å². The third-order valence-corrected chi connectivity index (χ3v) is 5.36. The van der Waals surface area contributed by atoms with E-state index in [1.807, 2.05) is 26.0 Å². The summed E-state index contributed by atoms with van der Waals surface area (Å²) in [5.74, 6) is 0.318. The molecule has 0 atom stereocenters. The number of aryl methyl sites for hydroxylation is 1. The van der Waals surface area contributed by atoms with Crippen LogP contribution in [0.15, 0.2) is 28.7 Å². The molecule has 2 aromatic rings. The van der Waals surface area contributed by atoms with Gasteiger partial charge >= 0.3 is 10.2 Å². The van der Waals surface area contributed by atoms with Gasteiger partial charge < -0.3 is 4.42 Å². The molecular weight excluding hydrogens is 344 g/mol. The van der Waals surface area contributed by atoms with Crippen LogP contribution in [0.4, 0.5) is 5.69 Å². The first-order valence-electron chi connectivity index (χ1n) is 8.10. The molecule has 8 nitrogen and oxygen atoms in total. The molecule has 2 heterocycles. The number of carbonyl (C=O) groups is 1. The van der Waals surface area contributed by atoms with Crippen molar-refractivity contribution in [2.75, 3.05) is 10.8 Å². The van der Waals surface area contributed by atoms with Gasteiger partial charge in [-0.3, -0.25) is 9.10 Å². The van der Waals surface area contributed by atoms with Crippen molar-refractivity contribution in [3.63, 3.8) is 0 Å². The predicted octanol–water partition coefficient (Wildman–Crippen LogP) is 1.55. The summed E-state index contributed by atoms with van der Waals surface area (Å²) in [6.45, 7) is 4.16. The summed E-state index contributed by atoms with van der Waals surface area (Å²) in [7, 11) is -3.92. The Balaban J connectivity index is 1.60. The van der Waals surface area contributed by atoms with Gasteiger partial charge in [0.15, 0.2) is 0 Å². The van der Waals surface area contributed by atoms with E-state index in [4.69, 9.17) is 4.42 Å². The van der Waals surface area contributed by atoms with Gasteiger partial charge in [0.1, 0.15) is 0 Å². The molecule has 0 saturated heterocycles. The Labute approximate surface area is 146 Å². The Morgan fingerprint density at radius 2 is 2.08 bits per heavy atom. The first-order chi connectivity index (χ1) is 11.9. The molecule has 0 radical (unpaired) electrons. The lowest BCUT2D eigenvalue weighted by atomic mass is 10.2. The molecule has 9 heteroatoms. The fraction of sp³-hybridized carbons (Fsp3) is 0.438. The average Bonchev–Trinajstić information content (AvgIpc) is 3.19. The summed E-state index contributed by atoms with van der Waals surface area (Å²) in [6, 6.07) is 7.26. The summed E-state index contributed by atoms with van der Waals surface area (Å²) in [6.07, 6.45) is 0.775. The number of anilines is 1. The topological polar surface area (TPSA) is 105 Å². The van der Waals surface area contributed by atoms with Crippen LogP contribution < -0.4 is 9.03 Å². The molecule has 0 fully saturated rings. The number of hydrogen-bond acceptors (Lipinski definition) is 6. The summed E-state index contributed by atoms with van der Waals surface area (Å²) >= 11 is 0. The van der Waals surface area contributed by atoms with E-state index in [1.165, 1.54) is 4.31 Å². The molecule has 1 aliphatic heterocycles. The Morgan fingerprint density at radius 1 is 1.32 bits per heavy atom. The van der Waals surface area contributed by atoms with Gasteiger partial charge in [0.25, 0.3) is 0 Å². The lowest BCUT2D eigenvalue weighted by Gasteiger charge is -2.19. The van der Waals surface area contributed by atoms with E-state index in [2.05, 4.69) is 14.9 Å². The van der Waals surface area contributed by atoms with Crippen LogP contribution in [0.25, 0.3) is 0 Å². The third-order valence-electron chi connectivity index (χ3n) is 3.92. The lowest BCUT2D eigenvalue weighted by Crippen LogP contribution is -2.42. The molecule has 1 aliphatic rings. The second kappa shape index (κ2) is 6.83. The van der Waals surface area contributed by atoms with Crippen LogP contribution in [0.5, 0.6) is 0 Å². The van der Waals surface area contributed by atoms with Crippen molar-refractivity contribution in [1.82, 2.24) is 14.9 Å². The Bertz CT molecular complexity index is 876. The van der Waals surface area contributed by atoms with Crippen LogP contribution in [-0.4, -0.2) is 31.1 Å². The standard InChI is InChI=1S/C16H20N4O4S/c1-11(2)16-18-17-15(24-16)8-7-14(21)19-25(22,23)20-10-9-12-5-3-4-6-13(12)20/h3-6,11H,7-10H2,1-2H3,(H,19,21). The maximum atomic E-state index is 12.5. The zero-order valence-electron chi connectivity index (χ0n) is 14.1. The minimum absolute atomic E-state index is 0.0472. The van der Waals surface area contributed by atoms with E-state index >= 15 is 0 Å². The first kappa shape index (κ1) is 17.4. The van der Waals surface area contributed by atoms with Gasteiger partial charge in [-0.05, 0) is 18.1 Å². The Morgan fingerprint density at radius 3 is 2.80 bits per heavy atom. The minimum Gasteiger partial charge on any atom is -0.425 e. The smallest absolute Gasteiger partial charge is 0.326 e. The van der Waals surface area contributed by atoms with E-state index in [-0.39, 0.29) is 18.8 Å². The monoisotopic (exact) mass is 364 g/mol. The van der Waals surface area contributed by atoms with E-state index in [1.54, 1.807) is 12.1 Å². The predicted molar refractivity (Wildman–Crippen MR) is 91.3 cm³/mol. The SMILES string of the molecule is CC(C)c1nnc(CCC(=O)NS(=O)(=O)N2CCc3ccccc32)o1. The zero-order chi connectivity index (χ0) is 18.0. The molecule has 1 aromatic heterocycles. The molecule has 3 rings (SSSR count). The summed E-state index contributed by atoms with van der Waals surface area (Å²) in [4.78, 5) is 12.0. The molecule has 1 amide bonds. The molecule has 1 aromatic carbocycles. The fourth-order valence-corrected chi connectivity index (χ4v) is 3.90. The third kappa shape index (κ3) is 3.81. The summed E-state index contributed by atoms with van der Waals surface area (Å²) < 4.78 is 33.7. The second-order valence-corrected chi connectivity index (χ2v) is 7.76. The molecule has 0 spiro atoms. The zero-order valence-corrected chi connectivity index (χ0v) is 14.9. The van der Waals surface area contributed by atoms with Gasteiger partial charge in [-0.15, -0.1) is 10.2 Å². The normalized spacial score (nSPS) is 14.0. The second-order valence-electron chi connectivity index (χ2n) is 6.17. The highest BCUT2D eigenvalue weighted by Gasteiger charge is 2.30. The molecule has 0 bridgehead atoms. The van der Waals surface area contributed by atoms with Crippen molar-refractivity contribution in [3.05, 3.63) is 41.6 Å². The molecule has 1 N–H and O–H groups in total. The van der Waals surface area contributed by atoms with Crippen molar-refractivity contribution in [1.29, 1.82) is 0 Å². The van der Waals surface area contributed by atoms with Gasteiger partial charge in [0.2, 0.25) is 17.7 Å². The van der Waals surface area contributed by atoms with Gasteiger partial charge in [0, 0.05) is 25.3 Å². The van der Waals surface area contributed by atoms with Gasteiger partial charge in [-0.25, -0.2) is 4.72 Å². The number of fused-ring (bicyclic) bond motifs is 1. The van der Waals surface area contributed by atoms with Crippen LogP contribution in [0.2, 0.25) is 0 Å². The number of aromatic nitrogens is 2. The molecule has 0 unspecified atom stereocenters. The number of nitrogens with zero attached hydrogens (tertiary/aromatic N) is 3. The number of benzene rings is 1. The quantitative estimate of drug-likeness (QED) is 0.834. The summed E-state index contributed by atoms with van der Waals surface area (Å²) in [5, 5.41) is 7.74. The van der Waals surface area contributed by atoms with Crippen molar-refractivity contribution >= 4 is 21.8 Å². The maximum absolute atomic E-state index is 12.5. The van der Waals surface area contributed by atoms with E-state index < -0.39 is 16.1 Å². The van der Waals surface area contributed by atoms with Crippen molar-refractivity contribution in [2.45, 2.75) is 39.0 Å². The van der Waals surface area contributed by atoms with Crippen molar-refractivity contribution < 1.29 is 17.6 Å². The highest BCUT2D eigenvalue weighted by molar-refractivity contribution is 7.91. The van der Waals surface area contributed by atoms with Crippen LogP contribution in [0, 0.1) is 0 Å². The van der Waals surface area contributed by atoms with Gasteiger partial charge in [-0.2, -0.15) is 8.42 Å². The molecule has 0 saturated carbocycles. The van der Waals surface area contributed by atoms with Gasteiger partial charge in [0.05, 0.1) is 5.69 Å². The number of nitrogens with one attached hydrogen (secondary N) is 1. The highest BCUT2D eigenvalue weighted by atomic mass is 32.2. The fourth-order valence-electron chi connectivity index (χ4n) is 2.63. The van der Waals surface area contributed by atoms with Crippen LogP contribution in [0.3, 0.4) is 0 Å². The largest absolute Gasteiger partial charge is 0.425 e. The van der Waals surface area contributed by atoms with E-state index in [0.717, 1.165) is 5.56 Å². The molecular formula is C16H20N4O4S. The Kier molecular flexibility index (Phi) is 4.76. The number of carbonyl (C=O) groups excluding carboxylic acids is 1. The number of para-hydroxylation sites is 1. The summed E-state index contributed by atoms with van der Waals surface area (Å²) in [5.41, 5.74) is 1.56. The van der Waals surface area contributed by atoms with Crippen LogP contribution >= 0.6 is 0 Å². The average molecular weight is 364 g/mol. The number of amides is 1. The Hall–Kier alpha value is -2.42. The maximum Gasteiger partial charge on any atom is 0.326 e.